The summed E-state index contributed by atoms with van der Waals surface area (Å²) in [7, 11) is 0. The van der Waals surface area contributed by atoms with E-state index in [4.69, 9.17) is 10.5 Å². The number of nitrogens with two attached hydrogens (primary N) is 1. The third kappa shape index (κ3) is 3.15. The van der Waals surface area contributed by atoms with Crippen molar-refractivity contribution in [1.82, 2.24) is 14.4 Å². The average Bonchev–Trinajstić information content (AvgIpc) is 3.40. The van der Waals surface area contributed by atoms with E-state index in [0.29, 0.717) is 47.0 Å². The van der Waals surface area contributed by atoms with Crippen LogP contribution in [0.15, 0.2) is 48.8 Å². The van der Waals surface area contributed by atoms with E-state index in [1.807, 2.05) is 0 Å². The number of benzene rings is 2. The summed E-state index contributed by atoms with van der Waals surface area (Å²) in [4.78, 5) is 9.06. The number of imidazole rings is 1. The Kier molecular flexibility index (Phi) is 4.55. The molecule has 8 heteroatoms. The van der Waals surface area contributed by atoms with E-state index in [-0.39, 0.29) is 24.7 Å². The van der Waals surface area contributed by atoms with Gasteiger partial charge in [-0.15, -0.1) is 0 Å². The first kappa shape index (κ1) is 18.5. The first-order chi connectivity index (χ1) is 14.6. The van der Waals surface area contributed by atoms with Gasteiger partial charge in [0.15, 0.2) is 0 Å². The minimum atomic E-state index is -0.339. The lowest BCUT2D eigenvalue weighted by atomic mass is 10.0. The van der Waals surface area contributed by atoms with Crippen molar-refractivity contribution in [2.75, 3.05) is 11.9 Å². The number of ether oxygens (including phenoxy) is 1. The summed E-state index contributed by atoms with van der Waals surface area (Å²) in [6.07, 6.45) is 4.09. The highest BCUT2D eigenvalue weighted by atomic mass is 19.1. The Balaban J connectivity index is 1.54. The fourth-order valence-electron chi connectivity index (χ4n) is 3.79. The van der Waals surface area contributed by atoms with Crippen molar-refractivity contribution in [2.45, 2.75) is 19.5 Å². The van der Waals surface area contributed by atoms with Crippen molar-refractivity contribution in [3.63, 3.8) is 0 Å². The molecule has 0 amide bonds. The van der Waals surface area contributed by atoms with Gasteiger partial charge in [0.2, 0.25) is 5.95 Å². The van der Waals surface area contributed by atoms with Crippen LogP contribution in [0.4, 0.5) is 14.7 Å². The van der Waals surface area contributed by atoms with Crippen molar-refractivity contribution in [3.05, 3.63) is 77.2 Å². The fraction of sp³-hybridized carbons (Fsp3) is 0.182. The zero-order chi connectivity index (χ0) is 20.7. The summed E-state index contributed by atoms with van der Waals surface area (Å²) in [5.74, 6) is 0.593. The summed E-state index contributed by atoms with van der Waals surface area (Å²) in [5, 5.41) is 3.20. The molecule has 2 aromatic carbocycles. The largest absolute Gasteiger partial charge is 0.493 e. The standard InChI is InChI=1S/C22H19F2N5O/c23-14-3-1-2-13(8-14)17-10-26-22(29-12-15(9-25)28-21(17)29)27-11-18-16-6-7-30-20(16)5-4-19(18)24/h1-5,8,10,12H,6-7,9,11,25H2,(H,26,27). The van der Waals surface area contributed by atoms with Crippen LogP contribution in [0, 0.1) is 11.6 Å². The van der Waals surface area contributed by atoms with Crippen LogP contribution in [-0.4, -0.2) is 21.0 Å². The predicted molar refractivity (Wildman–Crippen MR) is 109 cm³/mol. The Morgan fingerprint density at radius 2 is 2.10 bits per heavy atom. The normalized spacial score (nSPS) is 12.8. The van der Waals surface area contributed by atoms with Gasteiger partial charge in [0.1, 0.15) is 23.0 Å². The summed E-state index contributed by atoms with van der Waals surface area (Å²) in [6.45, 7) is 1.05. The third-order valence-corrected chi connectivity index (χ3v) is 5.25. The zero-order valence-electron chi connectivity index (χ0n) is 16.0. The molecule has 2 aromatic heterocycles. The molecule has 1 aliphatic heterocycles. The van der Waals surface area contributed by atoms with Crippen molar-refractivity contribution in [1.29, 1.82) is 0 Å². The maximum atomic E-state index is 14.5. The van der Waals surface area contributed by atoms with Gasteiger partial charge in [-0.1, -0.05) is 12.1 Å². The fourth-order valence-corrected chi connectivity index (χ4v) is 3.79. The van der Waals surface area contributed by atoms with E-state index in [1.165, 1.54) is 18.2 Å². The van der Waals surface area contributed by atoms with Crippen molar-refractivity contribution >= 4 is 11.6 Å². The van der Waals surface area contributed by atoms with Crippen molar-refractivity contribution in [2.24, 2.45) is 5.73 Å². The van der Waals surface area contributed by atoms with Gasteiger partial charge in [-0.2, -0.15) is 0 Å². The highest BCUT2D eigenvalue weighted by Gasteiger charge is 2.20. The van der Waals surface area contributed by atoms with Crippen molar-refractivity contribution in [3.8, 4) is 16.9 Å². The van der Waals surface area contributed by atoms with Crippen LogP contribution in [0.1, 0.15) is 16.8 Å². The number of anilines is 1. The second-order valence-electron chi connectivity index (χ2n) is 7.09. The number of hydrogen-bond donors (Lipinski definition) is 2. The summed E-state index contributed by atoms with van der Waals surface area (Å²) in [5.41, 5.74) is 9.84. The molecule has 1 aliphatic rings. The predicted octanol–water partition coefficient (Wildman–Crippen LogP) is 3.68. The SMILES string of the molecule is NCc1cn2c(NCc3c(F)ccc4c3CCO4)ncc(-c3cccc(F)c3)c2n1. The van der Waals surface area contributed by atoms with E-state index in [9.17, 15) is 8.78 Å². The zero-order valence-corrected chi connectivity index (χ0v) is 16.0. The lowest BCUT2D eigenvalue weighted by molar-refractivity contribution is 0.356. The maximum absolute atomic E-state index is 14.5. The molecule has 4 aromatic rings. The second kappa shape index (κ2) is 7.38. The van der Waals surface area contributed by atoms with Gasteiger partial charge < -0.3 is 15.8 Å². The molecule has 0 radical (unpaired) electrons. The Hall–Kier alpha value is -3.52. The van der Waals surface area contributed by atoms with E-state index in [1.54, 1.807) is 35.0 Å². The van der Waals surface area contributed by atoms with Gasteiger partial charge >= 0.3 is 0 Å². The molecule has 5 rings (SSSR count). The van der Waals surface area contributed by atoms with Gasteiger partial charge in [0.25, 0.3) is 0 Å². The van der Waals surface area contributed by atoms with E-state index >= 15 is 0 Å². The third-order valence-electron chi connectivity index (χ3n) is 5.25. The monoisotopic (exact) mass is 407 g/mol. The molecule has 0 fully saturated rings. The van der Waals surface area contributed by atoms with Crippen LogP contribution in [0.2, 0.25) is 0 Å². The quantitative estimate of drug-likeness (QED) is 0.528. The Morgan fingerprint density at radius 1 is 1.20 bits per heavy atom. The first-order valence-corrected chi connectivity index (χ1v) is 9.64. The highest BCUT2D eigenvalue weighted by molar-refractivity contribution is 5.78. The molecule has 152 valence electrons. The summed E-state index contributed by atoms with van der Waals surface area (Å²) in [6, 6.07) is 9.34. The number of fused-ring (bicyclic) bond motifs is 2. The number of hydrogen-bond acceptors (Lipinski definition) is 5. The minimum absolute atomic E-state index is 0.246. The lowest BCUT2D eigenvalue weighted by Crippen LogP contribution is -2.09. The minimum Gasteiger partial charge on any atom is -0.493 e. The molecule has 30 heavy (non-hydrogen) atoms. The number of nitrogens with zero attached hydrogens (tertiary/aromatic N) is 3. The molecule has 0 bridgehead atoms. The van der Waals surface area contributed by atoms with Crippen LogP contribution < -0.4 is 15.8 Å². The molecule has 0 atom stereocenters. The van der Waals surface area contributed by atoms with Gasteiger partial charge in [0.05, 0.1) is 12.3 Å². The molecule has 3 heterocycles. The van der Waals surface area contributed by atoms with Gasteiger partial charge in [-0.3, -0.25) is 4.40 Å². The molecule has 0 spiro atoms. The Morgan fingerprint density at radius 3 is 2.93 bits per heavy atom. The van der Waals surface area contributed by atoms with E-state index < -0.39 is 0 Å². The van der Waals surface area contributed by atoms with Crippen LogP contribution >= 0.6 is 0 Å². The van der Waals surface area contributed by atoms with E-state index in [0.717, 1.165) is 11.3 Å². The van der Waals surface area contributed by atoms with Crippen molar-refractivity contribution < 1.29 is 13.5 Å². The molecule has 0 aliphatic carbocycles. The second-order valence-corrected chi connectivity index (χ2v) is 7.09. The van der Waals surface area contributed by atoms with E-state index in [2.05, 4.69) is 15.3 Å². The molecule has 6 nitrogen and oxygen atoms in total. The molecular formula is C22H19F2N5O. The van der Waals surface area contributed by atoms with Crippen LogP contribution in [0.5, 0.6) is 5.75 Å². The lowest BCUT2D eigenvalue weighted by Gasteiger charge is -2.13. The summed E-state index contributed by atoms with van der Waals surface area (Å²) < 4.78 is 35.5. The summed E-state index contributed by atoms with van der Waals surface area (Å²) >= 11 is 0. The Labute approximate surface area is 171 Å². The maximum Gasteiger partial charge on any atom is 0.208 e. The molecule has 0 unspecified atom stereocenters. The van der Waals surface area contributed by atoms with Crippen LogP contribution in [0.25, 0.3) is 16.8 Å². The molecular weight excluding hydrogens is 388 g/mol. The number of halogens is 2. The molecule has 3 N–H and O–H groups in total. The average molecular weight is 407 g/mol. The number of aromatic nitrogens is 3. The topological polar surface area (TPSA) is 77.5 Å². The molecule has 0 saturated carbocycles. The van der Waals surface area contributed by atoms with Gasteiger partial charge in [-0.25, -0.2) is 18.7 Å². The van der Waals surface area contributed by atoms with Gasteiger partial charge in [0, 0.05) is 48.6 Å². The van der Waals surface area contributed by atoms with Crippen LogP contribution in [0.3, 0.4) is 0 Å². The Bertz CT molecular complexity index is 1250. The first-order valence-electron chi connectivity index (χ1n) is 9.64. The smallest absolute Gasteiger partial charge is 0.208 e. The van der Waals surface area contributed by atoms with Gasteiger partial charge in [-0.05, 0) is 29.8 Å². The van der Waals surface area contributed by atoms with Crippen LogP contribution in [-0.2, 0) is 19.5 Å². The highest BCUT2D eigenvalue weighted by Crippen LogP contribution is 2.31. The number of nitrogens with one attached hydrogen (secondary N) is 1. The molecule has 0 saturated heterocycles. The number of rotatable bonds is 5.